The highest BCUT2D eigenvalue weighted by Gasteiger charge is 2.47. The standard InChI is InChI=1S/C20H26N4O4/c1-11-13(15-6-14(15)12-9-27-20(2,3)28-10-12)7-17(24-23-11)16-8-21-19(26-5)22-18(16)25-4/h7-8,12,14-15H,6,9-10H2,1-5H3. The quantitative estimate of drug-likeness (QED) is 0.775. The van der Waals surface area contributed by atoms with Gasteiger partial charge in [0.1, 0.15) is 5.69 Å². The molecule has 0 spiro atoms. The second-order valence-electron chi connectivity index (χ2n) is 7.84. The number of nitrogens with zero attached hydrogens (tertiary/aromatic N) is 4. The Labute approximate surface area is 164 Å². The molecule has 1 saturated heterocycles. The van der Waals surface area contributed by atoms with Gasteiger partial charge >= 0.3 is 6.01 Å². The average molecular weight is 386 g/mol. The van der Waals surface area contributed by atoms with Gasteiger partial charge in [0.05, 0.1) is 38.7 Å². The van der Waals surface area contributed by atoms with E-state index in [9.17, 15) is 0 Å². The summed E-state index contributed by atoms with van der Waals surface area (Å²) in [4.78, 5) is 8.43. The highest BCUT2D eigenvalue weighted by Crippen LogP contribution is 2.54. The maximum atomic E-state index is 5.84. The summed E-state index contributed by atoms with van der Waals surface area (Å²) in [5, 5.41) is 8.72. The third-order valence-corrected chi connectivity index (χ3v) is 5.54. The van der Waals surface area contributed by atoms with Crippen molar-refractivity contribution >= 4 is 0 Å². The van der Waals surface area contributed by atoms with E-state index < -0.39 is 5.79 Å². The number of methoxy groups -OCH3 is 2. The molecular formula is C20H26N4O4. The van der Waals surface area contributed by atoms with Crippen LogP contribution < -0.4 is 9.47 Å². The fourth-order valence-electron chi connectivity index (χ4n) is 3.80. The lowest BCUT2D eigenvalue weighted by Crippen LogP contribution is -2.40. The van der Waals surface area contributed by atoms with Gasteiger partial charge < -0.3 is 18.9 Å². The maximum Gasteiger partial charge on any atom is 0.319 e. The fraction of sp³-hybridized carbons (Fsp3) is 0.600. The minimum absolute atomic E-state index is 0.253. The Morgan fingerprint density at radius 3 is 2.54 bits per heavy atom. The topological polar surface area (TPSA) is 88.5 Å². The van der Waals surface area contributed by atoms with Crippen molar-refractivity contribution in [1.29, 1.82) is 0 Å². The van der Waals surface area contributed by atoms with Crippen LogP contribution in [-0.4, -0.2) is 53.4 Å². The van der Waals surface area contributed by atoms with E-state index >= 15 is 0 Å². The van der Waals surface area contributed by atoms with Crippen LogP contribution in [0.2, 0.25) is 0 Å². The molecule has 0 bridgehead atoms. The Bertz CT molecular complexity index is 863. The van der Waals surface area contributed by atoms with Crippen LogP contribution in [0.5, 0.6) is 11.9 Å². The monoisotopic (exact) mass is 386 g/mol. The van der Waals surface area contributed by atoms with E-state index in [1.54, 1.807) is 13.3 Å². The van der Waals surface area contributed by atoms with Gasteiger partial charge in [-0.3, -0.25) is 0 Å². The van der Waals surface area contributed by atoms with Crippen LogP contribution in [-0.2, 0) is 9.47 Å². The summed E-state index contributed by atoms with van der Waals surface area (Å²) in [6, 6.07) is 2.33. The summed E-state index contributed by atoms with van der Waals surface area (Å²) < 4.78 is 22.2. The Morgan fingerprint density at radius 2 is 1.86 bits per heavy atom. The normalized spacial score (nSPS) is 24.0. The molecule has 3 heterocycles. The molecule has 0 aromatic carbocycles. The van der Waals surface area contributed by atoms with Crippen molar-refractivity contribution in [3.05, 3.63) is 23.5 Å². The summed E-state index contributed by atoms with van der Waals surface area (Å²) in [7, 11) is 3.08. The van der Waals surface area contributed by atoms with Gasteiger partial charge in [0.2, 0.25) is 5.88 Å². The minimum atomic E-state index is -0.479. The van der Waals surface area contributed by atoms with Crippen molar-refractivity contribution < 1.29 is 18.9 Å². The smallest absolute Gasteiger partial charge is 0.319 e. The van der Waals surface area contributed by atoms with Crippen LogP contribution in [0.3, 0.4) is 0 Å². The van der Waals surface area contributed by atoms with Crippen molar-refractivity contribution in [1.82, 2.24) is 20.2 Å². The first kappa shape index (κ1) is 19.0. The third kappa shape index (κ3) is 3.66. The summed E-state index contributed by atoms with van der Waals surface area (Å²) in [6.07, 6.45) is 2.77. The van der Waals surface area contributed by atoms with Gasteiger partial charge in [-0.2, -0.15) is 10.1 Å². The first-order chi connectivity index (χ1) is 13.4. The van der Waals surface area contributed by atoms with Gasteiger partial charge in [0.25, 0.3) is 0 Å². The van der Waals surface area contributed by atoms with Crippen LogP contribution >= 0.6 is 0 Å². The SMILES string of the molecule is COc1ncc(-c2cc(C3CC3C3COC(C)(C)OC3)c(C)nn2)c(OC)n1. The van der Waals surface area contributed by atoms with Crippen molar-refractivity contribution in [2.75, 3.05) is 27.4 Å². The lowest BCUT2D eigenvalue weighted by atomic mass is 9.98. The van der Waals surface area contributed by atoms with Gasteiger partial charge in [-0.25, -0.2) is 4.98 Å². The van der Waals surface area contributed by atoms with Gasteiger partial charge in [-0.1, -0.05) is 0 Å². The highest BCUT2D eigenvalue weighted by atomic mass is 16.7. The zero-order valence-corrected chi connectivity index (χ0v) is 16.9. The van der Waals surface area contributed by atoms with Crippen molar-refractivity contribution in [3.8, 4) is 23.1 Å². The molecule has 28 heavy (non-hydrogen) atoms. The Kier molecular flexibility index (Phi) is 4.93. The minimum Gasteiger partial charge on any atom is -0.480 e. The first-order valence-corrected chi connectivity index (χ1v) is 9.49. The molecular weight excluding hydrogens is 360 g/mol. The molecule has 2 aromatic rings. The second kappa shape index (κ2) is 7.25. The molecule has 0 radical (unpaired) electrons. The Morgan fingerprint density at radius 1 is 1.11 bits per heavy atom. The number of rotatable bonds is 5. The first-order valence-electron chi connectivity index (χ1n) is 9.49. The molecule has 2 aromatic heterocycles. The molecule has 2 aliphatic rings. The van der Waals surface area contributed by atoms with Gasteiger partial charge in [-0.15, -0.1) is 5.10 Å². The van der Waals surface area contributed by atoms with E-state index in [1.165, 1.54) is 12.7 Å². The van der Waals surface area contributed by atoms with Crippen LogP contribution in [0.25, 0.3) is 11.3 Å². The predicted molar refractivity (Wildman–Crippen MR) is 101 cm³/mol. The van der Waals surface area contributed by atoms with E-state index in [-0.39, 0.29) is 6.01 Å². The molecule has 2 atom stereocenters. The van der Waals surface area contributed by atoms with Crippen LogP contribution in [0.1, 0.15) is 37.4 Å². The van der Waals surface area contributed by atoms with Crippen LogP contribution in [0, 0.1) is 18.8 Å². The highest BCUT2D eigenvalue weighted by molar-refractivity contribution is 5.64. The summed E-state index contributed by atoms with van der Waals surface area (Å²) >= 11 is 0. The molecule has 4 rings (SSSR count). The Balaban J connectivity index is 1.56. The molecule has 1 aliphatic heterocycles. The Hall–Kier alpha value is -2.32. The van der Waals surface area contributed by atoms with Crippen molar-refractivity contribution in [3.63, 3.8) is 0 Å². The van der Waals surface area contributed by atoms with E-state index in [0.29, 0.717) is 34.9 Å². The summed E-state index contributed by atoms with van der Waals surface area (Å²) in [5.74, 6) is 1.33. The molecule has 8 nitrogen and oxygen atoms in total. The zero-order valence-electron chi connectivity index (χ0n) is 16.9. The number of hydrogen-bond acceptors (Lipinski definition) is 8. The zero-order chi connectivity index (χ0) is 19.9. The number of aryl methyl sites for hydroxylation is 1. The van der Waals surface area contributed by atoms with E-state index in [2.05, 4.69) is 26.2 Å². The molecule has 1 aliphatic carbocycles. The van der Waals surface area contributed by atoms with Crippen LogP contribution in [0.15, 0.2) is 12.3 Å². The lowest BCUT2D eigenvalue weighted by molar-refractivity contribution is -0.264. The molecule has 2 fully saturated rings. The lowest BCUT2D eigenvalue weighted by Gasteiger charge is -2.35. The largest absolute Gasteiger partial charge is 0.480 e. The van der Waals surface area contributed by atoms with Gasteiger partial charge in [-0.05, 0) is 50.7 Å². The summed E-state index contributed by atoms with van der Waals surface area (Å²) in [6.45, 7) is 7.39. The number of ether oxygens (including phenoxy) is 4. The molecule has 150 valence electrons. The molecule has 8 heteroatoms. The predicted octanol–water partition coefficient (Wildman–Crippen LogP) is 2.76. The summed E-state index contributed by atoms with van der Waals surface area (Å²) in [5.41, 5.74) is 3.55. The van der Waals surface area contributed by atoms with E-state index in [1.807, 2.05) is 20.8 Å². The molecule has 0 N–H and O–H groups in total. The third-order valence-electron chi connectivity index (χ3n) is 5.54. The number of hydrogen-bond donors (Lipinski definition) is 0. The number of aromatic nitrogens is 4. The average Bonchev–Trinajstić information content (AvgIpc) is 3.48. The maximum absolute atomic E-state index is 5.84. The van der Waals surface area contributed by atoms with Crippen molar-refractivity contribution in [2.24, 2.45) is 11.8 Å². The molecule has 1 saturated carbocycles. The molecule has 2 unspecified atom stereocenters. The van der Waals surface area contributed by atoms with Gasteiger partial charge in [0.15, 0.2) is 5.79 Å². The van der Waals surface area contributed by atoms with E-state index in [0.717, 1.165) is 25.3 Å². The van der Waals surface area contributed by atoms with E-state index in [4.69, 9.17) is 18.9 Å². The second-order valence-corrected chi connectivity index (χ2v) is 7.84. The van der Waals surface area contributed by atoms with Gasteiger partial charge in [0, 0.05) is 12.1 Å². The van der Waals surface area contributed by atoms with Crippen LogP contribution in [0.4, 0.5) is 0 Å². The fourth-order valence-corrected chi connectivity index (χ4v) is 3.80. The molecule has 0 amide bonds. The van der Waals surface area contributed by atoms with Crippen molar-refractivity contribution in [2.45, 2.75) is 38.9 Å².